The molecule has 0 fully saturated rings. The summed E-state index contributed by atoms with van der Waals surface area (Å²) in [6.07, 6.45) is 3.10. The van der Waals surface area contributed by atoms with Crippen LogP contribution in [0.4, 0.5) is 8.78 Å². The number of hydrogen-bond acceptors (Lipinski definition) is 5. The smallest absolute Gasteiger partial charge is 0.328 e. The van der Waals surface area contributed by atoms with Crippen LogP contribution in [0.1, 0.15) is 0 Å². The molecule has 9 heteroatoms. The average molecular weight is 310 g/mol. The zero-order valence-corrected chi connectivity index (χ0v) is 11.0. The lowest BCUT2D eigenvalue weighted by Crippen LogP contribution is -2.05. The molecule has 0 spiro atoms. The zero-order valence-electron chi connectivity index (χ0n) is 10.2. The number of hydrogen-bond donors (Lipinski definition) is 0. The molecule has 6 nitrogen and oxygen atoms in total. The molecule has 0 aliphatic carbocycles. The van der Waals surface area contributed by atoms with E-state index < -0.39 is 11.6 Å². The van der Waals surface area contributed by atoms with Gasteiger partial charge in [-0.3, -0.25) is 0 Å². The Hall–Kier alpha value is -2.61. The standard InChI is InChI=1S/C12H6ClF2N5O/c13-10-17-11(20-6-2-5-16-20)19-12(18-10)21-8-4-1-3-7(14)9(8)15/h1-6H. The van der Waals surface area contributed by atoms with Crippen molar-refractivity contribution in [3.05, 3.63) is 53.6 Å². The summed E-state index contributed by atoms with van der Waals surface area (Å²) in [6.45, 7) is 0. The third kappa shape index (κ3) is 2.79. The fraction of sp³-hybridized carbons (Fsp3) is 0. The van der Waals surface area contributed by atoms with Crippen LogP contribution in [-0.2, 0) is 0 Å². The predicted octanol–water partition coefficient (Wildman–Crippen LogP) is 2.78. The Kier molecular flexibility index (Phi) is 3.44. The lowest BCUT2D eigenvalue weighted by Gasteiger charge is -2.06. The highest BCUT2D eigenvalue weighted by Crippen LogP contribution is 2.24. The van der Waals surface area contributed by atoms with E-state index in [4.69, 9.17) is 16.3 Å². The molecule has 2 heterocycles. The van der Waals surface area contributed by atoms with Crippen LogP contribution in [0.3, 0.4) is 0 Å². The Morgan fingerprint density at radius 3 is 2.71 bits per heavy atom. The minimum atomic E-state index is -1.14. The van der Waals surface area contributed by atoms with Gasteiger partial charge in [0.2, 0.25) is 11.1 Å². The molecule has 0 N–H and O–H groups in total. The minimum Gasteiger partial charge on any atom is -0.421 e. The van der Waals surface area contributed by atoms with Crippen molar-refractivity contribution in [3.63, 3.8) is 0 Å². The van der Waals surface area contributed by atoms with E-state index in [0.29, 0.717) is 0 Å². The third-order valence-electron chi connectivity index (χ3n) is 2.40. The number of halogens is 3. The van der Waals surface area contributed by atoms with Gasteiger partial charge in [0.1, 0.15) is 0 Å². The largest absolute Gasteiger partial charge is 0.421 e. The van der Waals surface area contributed by atoms with Gasteiger partial charge in [-0.05, 0) is 29.8 Å². The third-order valence-corrected chi connectivity index (χ3v) is 2.57. The first-order chi connectivity index (χ1) is 10.1. The molecular weight excluding hydrogens is 304 g/mol. The molecule has 0 atom stereocenters. The highest BCUT2D eigenvalue weighted by molar-refractivity contribution is 6.28. The van der Waals surface area contributed by atoms with Crippen LogP contribution in [0.15, 0.2) is 36.7 Å². The lowest BCUT2D eigenvalue weighted by molar-refractivity contribution is 0.390. The molecule has 0 unspecified atom stereocenters. The van der Waals surface area contributed by atoms with Crippen molar-refractivity contribution in [2.75, 3.05) is 0 Å². The molecule has 0 aliphatic rings. The number of ether oxygens (including phenoxy) is 1. The van der Waals surface area contributed by atoms with E-state index in [9.17, 15) is 8.78 Å². The zero-order chi connectivity index (χ0) is 14.8. The van der Waals surface area contributed by atoms with Gasteiger partial charge in [0.15, 0.2) is 11.6 Å². The van der Waals surface area contributed by atoms with E-state index in [1.807, 2.05) is 0 Å². The summed E-state index contributed by atoms with van der Waals surface area (Å²) in [5.41, 5.74) is 0. The average Bonchev–Trinajstić information content (AvgIpc) is 2.97. The molecule has 2 aromatic heterocycles. The van der Waals surface area contributed by atoms with Gasteiger partial charge in [0, 0.05) is 12.4 Å². The van der Waals surface area contributed by atoms with Gasteiger partial charge in [-0.25, -0.2) is 9.07 Å². The van der Waals surface area contributed by atoms with Crippen LogP contribution in [-0.4, -0.2) is 24.7 Å². The first kappa shape index (κ1) is 13.4. The van der Waals surface area contributed by atoms with Gasteiger partial charge < -0.3 is 4.74 Å². The van der Waals surface area contributed by atoms with E-state index >= 15 is 0 Å². The Bertz CT molecular complexity index is 781. The van der Waals surface area contributed by atoms with Crippen molar-refractivity contribution in [3.8, 4) is 17.7 Å². The molecule has 0 radical (unpaired) electrons. The molecule has 1 aromatic carbocycles. The van der Waals surface area contributed by atoms with E-state index in [-0.39, 0.29) is 23.0 Å². The van der Waals surface area contributed by atoms with Crippen LogP contribution in [0.5, 0.6) is 11.8 Å². The lowest BCUT2D eigenvalue weighted by atomic mass is 10.3. The summed E-state index contributed by atoms with van der Waals surface area (Å²) < 4.78 is 33.1. The number of rotatable bonds is 3. The summed E-state index contributed by atoms with van der Waals surface area (Å²) in [5.74, 6) is -2.45. The molecule has 21 heavy (non-hydrogen) atoms. The van der Waals surface area contributed by atoms with Crippen LogP contribution < -0.4 is 4.74 Å². The Balaban J connectivity index is 1.98. The fourth-order valence-corrected chi connectivity index (χ4v) is 1.67. The number of aromatic nitrogens is 5. The van der Waals surface area contributed by atoms with E-state index in [1.54, 1.807) is 12.3 Å². The fourth-order valence-electron chi connectivity index (χ4n) is 1.52. The second kappa shape index (κ2) is 5.41. The number of nitrogens with zero attached hydrogens (tertiary/aromatic N) is 5. The highest BCUT2D eigenvalue weighted by Gasteiger charge is 2.13. The van der Waals surface area contributed by atoms with Crippen LogP contribution in [0, 0.1) is 11.6 Å². The summed E-state index contributed by atoms with van der Waals surface area (Å²) in [5, 5.41) is 3.76. The molecular formula is C12H6ClF2N5O. The summed E-state index contributed by atoms with van der Waals surface area (Å²) in [4.78, 5) is 11.5. The van der Waals surface area contributed by atoms with E-state index in [2.05, 4.69) is 20.1 Å². The maximum Gasteiger partial charge on any atom is 0.328 e. The first-order valence-electron chi connectivity index (χ1n) is 5.67. The Morgan fingerprint density at radius 1 is 1.10 bits per heavy atom. The van der Waals surface area contributed by atoms with E-state index in [0.717, 1.165) is 6.07 Å². The normalized spacial score (nSPS) is 10.6. The van der Waals surface area contributed by atoms with Gasteiger partial charge in [-0.15, -0.1) is 0 Å². The Labute approximate surface area is 122 Å². The molecule has 0 amide bonds. The Morgan fingerprint density at radius 2 is 1.95 bits per heavy atom. The van der Waals surface area contributed by atoms with Crippen molar-refractivity contribution in [1.29, 1.82) is 0 Å². The van der Waals surface area contributed by atoms with Crippen LogP contribution in [0.25, 0.3) is 5.95 Å². The monoisotopic (exact) mass is 309 g/mol. The quantitative estimate of drug-likeness (QED) is 0.744. The van der Waals surface area contributed by atoms with Crippen molar-refractivity contribution in [2.45, 2.75) is 0 Å². The van der Waals surface area contributed by atoms with Crippen molar-refractivity contribution in [1.82, 2.24) is 24.7 Å². The highest BCUT2D eigenvalue weighted by atomic mass is 35.5. The minimum absolute atomic E-state index is 0.0896. The van der Waals surface area contributed by atoms with Crippen LogP contribution in [0.2, 0.25) is 5.28 Å². The summed E-state index contributed by atoms with van der Waals surface area (Å²) in [6, 6.07) is 4.89. The molecule has 0 bridgehead atoms. The van der Waals surface area contributed by atoms with E-state index in [1.165, 1.54) is 23.0 Å². The van der Waals surface area contributed by atoms with Crippen molar-refractivity contribution in [2.24, 2.45) is 0 Å². The van der Waals surface area contributed by atoms with Crippen molar-refractivity contribution >= 4 is 11.6 Å². The molecule has 0 saturated heterocycles. The van der Waals surface area contributed by atoms with Gasteiger partial charge in [-0.1, -0.05) is 6.07 Å². The SMILES string of the molecule is Fc1cccc(Oc2nc(Cl)nc(-n3cccn3)n2)c1F. The molecule has 3 aromatic rings. The summed E-state index contributed by atoms with van der Waals surface area (Å²) >= 11 is 5.75. The maximum absolute atomic E-state index is 13.5. The van der Waals surface area contributed by atoms with Gasteiger partial charge in [0.25, 0.3) is 5.95 Å². The van der Waals surface area contributed by atoms with Crippen LogP contribution >= 0.6 is 11.6 Å². The first-order valence-corrected chi connectivity index (χ1v) is 6.05. The molecule has 3 rings (SSSR count). The van der Waals surface area contributed by atoms with Gasteiger partial charge in [0.05, 0.1) is 0 Å². The molecule has 0 aliphatic heterocycles. The maximum atomic E-state index is 13.5. The second-order valence-corrected chi connectivity index (χ2v) is 4.13. The summed E-state index contributed by atoms with van der Waals surface area (Å²) in [7, 11) is 0. The molecule has 106 valence electrons. The van der Waals surface area contributed by atoms with Gasteiger partial charge in [-0.2, -0.15) is 24.4 Å². The number of benzene rings is 1. The van der Waals surface area contributed by atoms with Gasteiger partial charge >= 0.3 is 6.01 Å². The topological polar surface area (TPSA) is 65.7 Å². The molecule has 0 saturated carbocycles. The predicted molar refractivity (Wildman–Crippen MR) is 68.4 cm³/mol. The van der Waals surface area contributed by atoms with Crippen molar-refractivity contribution < 1.29 is 13.5 Å². The second-order valence-electron chi connectivity index (χ2n) is 3.79.